The quantitative estimate of drug-likeness (QED) is 0.663. The molecular weight excluding hydrogens is 454 g/mol. The van der Waals surface area contributed by atoms with Gasteiger partial charge in [0.05, 0.1) is 29.6 Å². The van der Waals surface area contributed by atoms with Crippen LogP contribution in [0.5, 0.6) is 0 Å². The minimum Gasteiger partial charge on any atom is -0.380 e. The molecule has 1 amide bonds. The molecule has 3 saturated carbocycles. The van der Waals surface area contributed by atoms with Crippen LogP contribution in [0.3, 0.4) is 0 Å². The Morgan fingerprint density at radius 2 is 2.21 bits per heavy atom. The van der Waals surface area contributed by atoms with Gasteiger partial charge in [-0.3, -0.25) is 9.59 Å². The highest BCUT2D eigenvalue weighted by Crippen LogP contribution is 2.61. The Balaban J connectivity index is 1.40. The molecule has 29 heavy (non-hydrogen) atoms. The monoisotopic (exact) mass is 479 g/mol. The lowest BCUT2D eigenvalue weighted by molar-refractivity contribution is -0.122. The Labute approximate surface area is 182 Å². The van der Waals surface area contributed by atoms with Crippen molar-refractivity contribution in [3.05, 3.63) is 37.6 Å². The van der Waals surface area contributed by atoms with Gasteiger partial charge in [0.25, 0.3) is 5.56 Å². The second-order valence-electron chi connectivity index (χ2n) is 8.80. The van der Waals surface area contributed by atoms with Gasteiger partial charge in [-0.15, -0.1) is 11.3 Å². The zero-order chi connectivity index (χ0) is 20.8. The van der Waals surface area contributed by atoms with Gasteiger partial charge in [0.1, 0.15) is 11.0 Å². The Morgan fingerprint density at radius 3 is 2.86 bits per heavy atom. The van der Waals surface area contributed by atoms with Crippen LogP contribution in [0.2, 0.25) is 0 Å². The lowest BCUT2D eigenvalue weighted by Gasteiger charge is -2.62. The number of thiazole rings is 1. The predicted octanol–water partition coefficient (Wildman–Crippen LogP) is 3.26. The van der Waals surface area contributed by atoms with Crippen molar-refractivity contribution in [2.75, 3.05) is 5.32 Å². The molecule has 0 spiro atoms. The molecule has 0 saturated heterocycles. The fraction of sp³-hybridized carbons (Fsp3) is 0.600. The molecule has 156 valence electrons. The van der Waals surface area contributed by atoms with Crippen LogP contribution in [0, 0.1) is 23.2 Å². The lowest BCUT2D eigenvalue weighted by atomic mass is 9.45. The number of amides is 1. The molecule has 2 aromatic heterocycles. The average molecular weight is 480 g/mol. The van der Waals surface area contributed by atoms with Gasteiger partial charge < -0.3 is 10.6 Å². The van der Waals surface area contributed by atoms with E-state index in [1.165, 1.54) is 22.4 Å². The molecule has 2 N–H and O–H groups in total. The number of fused-ring (bicyclic) bond motifs is 2. The first kappa shape index (κ1) is 20.5. The molecule has 4 atom stereocenters. The lowest BCUT2D eigenvalue weighted by Crippen LogP contribution is -2.58. The van der Waals surface area contributed by atoms with E-state index in [1.54, 1.807) is 11.7 Å². The highest BCUT2D eigenvalue weighted by molar-refractivity contribution is 9.10. The predicted molar refractivity (Wildman–Crippen MR) is 117 cm³/mol. The molecule has 3 fully saturated rings. The van der Waals surface area contributed by atoms with Gasteiger partial charge in [-0.2, -0.15) is 5.10 Å². The molecule has 0 radical (unpaired) electrons. The van der Waals surface area contributed by atoms with Crippen LogP contribution in [0.4, 0.5) is 5.69 Å². The van der Waals surface area contributed by atoms with Crippen LogP contribution < -0.4 is 16.2 Å². The molecular formula is C20H26BrN5O2S. The van der Waals surface area contributed by atoms with Gasteiger partial charge in [0.15, 0.2) is 0 Å². The van der Waals surface area contributed by atoms with Gasteiger partial charge in [-0.25, -0.2) is 9.67 Å². The van der Waals surface area contributed by atoms with E-state index in [0.717, 1.165) is 18.0 Å². The van der Waals surface area contributed by atoms with Crippen LogP contribution >= 0.6 is 27.3 Å². The van der Waals surface area contributed by atoms with Crippen LogP contribution in [-0.4, -0.2) is 26.7 Å². The first-order valence-electron chi connectivity index (χ1n) is 9.93. The van der Waals surface area contributed by atoms with Gasteiger partial charge in [0.2, 0.25) is 5.91 Å². The fourth-order valence-corrected chi connectivity index (χ4v) is 5.90. The van der Waals surface area contributed by atoms with E-state index < -0.39 is 0 Å². The summed E-state index contributed by atoms with van der Waals surface area (Å²) in [4.78, 5) is 29.0. The fourth-order valence-electron chi connectivity index (χ4n) is 4.92. The van der Waals surface area contributed by atoms with Crippen LogP contribution in [-0.2, 0) is 17.9 Å². The smallest absolute Gasteiger partial charge is 0.283 e. The van der Waals surface area contributed by atoms with Crippen molar-refractivity contribution in [2.24, 2.45) is 23.2 Å². The van der Waals surface area contributed by atoms with E-state index in [-0.39, 0.29) is 18.0 Å². The summed E-state index contributed by atoms with van der Waals surface area (Å²) >= 11 is 4.89. The molecule has 0 unspecified atom stereocenters. The standard InChI is InChI=1S/C20H26BrN5O2S/c1-11-14-4-12(20(14,2)3)5-15(11)25-16-7-24-26(19(28)18(16)21)8-17(27)22-6-13-9-29-10-23-13/h7,9-12,14-15,25H,4-6,8H2,1-3H3,(H,22,27)/t11-,12+,14-,15-/m1/s1. The van der Waals surface area contributed by atoms with E-state index in [4.69, 9.17) is 0 Å². The molecule has 7 nitrogen and oxygen atoms in total. The van der Waals surface area contributed by atoms with Crippen molar-refractivity contribution in [1.82, 2.24) is 20.1 Å². The highest BCUT2D eigenvalue weighted by atomic mass is 79.9. The summed E-state index contributed by atoms with van der Waals surface area (Å²) in [7, 11) is 0. The van der Waals surface area contributed by atoms with E-state index in [1.807, 2.05) is 5.38 Å². The minimum absolute atomic E-state index is 0.125. The molecule has 2 aromatic rings. The number of carbonyl (C=O) groups excluding carboxylic acids is 1. The first-order chi connectivity index (χ1) is 13.8. The second-order valence-corrected chi connectivity index (χ2v) is 10.3. The summed E-state index contributed by atoms with van der Waals surface area (Å²) in [6.07, 6.45) is 4.06. The zero-order valence-corrected chi connectivity index (χ0v) is 19.2. The molecule has 2 bridgehead atoms. The average Bonchev–Trinajstić information content (AvgIpc) is 3.20. The topological polar surface area (TPSA) is 88.9 Å². The zero-order valence-electron chi connectivity index (χ0n) is 16.8. The Bertz CT molecular complexity index is 958. The highest BCUT2D eigenvalue weighted by Gasteiger charge is 2.56. The molecule has 0 aliphatic heterocycles. The summed E-state index contributed by atoms with van der Waals surface area (Å²) in [5.41, 5.74) is 3.32. The number of hydrogen-bond acceptors (Lipinski definition) is 6. The molecule has 2 heterocycles. The minimum atomic E-state index is -0.312. The van der Waals surface area contributed by atoms with Crippen molar-refractivity contribution in [1.29, 1.82) is 0 Å². The van der Waals surface area contributed by atoms with Crippen LogP contribution in [0.25, 0.3) is 0 Å². The number of nitrogens with one attached hydrogen (secondary N) is 2. The third kappa shape index (κ3) is 3.86. The normalized spacial score (nSPS) is 27.2. The molecule has 9 heteroatoms. The number of nitrogens with zero attached hydrogens (tertiary/aromatic N) is 3. The van der Waals surface area contributed by atoms with Crippen LogP contribution in [0.1, 0.15) is 39.3 Å². The maximum absolute atomic E-state index is 12.7. The van der Waals surface area contributed by atoms with E-state index in [2.05, 4.69) is 57.4 Å². The van der Waals surface area contributed by atoms with Crippen molar-refractivity contribution >= 4 is 38.9 Å². The van der Waals surface area contributed by atoms with E-state index in [0.29, 0.717) is 40.0 Å². The van der Waals surface area contributed by atoms with Crippen molar-refractivity contribution < 1.29 is 4.79 Å². The summed E-state index contributed by atoms with van der Waals surface area (Å²) in [6, 6.07) is 0.335. The molecule has 3 aliphatic carbocycles. The van der Waals surface area contributed by atoms with Crippen LogP contribution in [0.15, 0.2) is 26.4 Å². The number of anilines is 1. The van der Waals surface area contributed by atoms with E-state index in [9.17, 15) is 9.59 Å². The number of aromatic nitrogens is 3. The summed E-state index contributed by atoms with van der Waals surface area (Å²) in [6.45, 7) is 7.26. The maximum atomic E-state index is 12.7. The van der Waals surface area contributed by atoms with Gasteiger partial charge >= 0.3 is 0 Å². The molecule has 5 rings (SSSR count). The Morgan fingerprint density at radius 1 is 1.41 bits per heavy atom. The van der Waals surface area contributed by atoms with Gasteiger partial charge in [0, 0.05) is 11.4 Å². The number of carbonyl (C=O) groups is 1. The number of halogens is 1. The first-order valence-corrected chi connectivity index (χ1v) is 11.7. The van der Waals surface area contributed by atoms with Crippen molar-refractivity contribution in [3.8, 4) is 0 Å². The summed E-state index contributed by atoms with van der Waals surface area (Å²) in [5.74, 6) is 1.71. The van der Waals surface area contributed by atoms with E-state index >= 15 is 0 Å². The maximum Gasteiger partial charge on any atom is 0.283 e. The van der Waals surface area contributed by atoms with Gasteiger partial charge in [-0.05, 0) is 51.9 Å². The summed E-state index contributed by atoms with van der Waals surface area (Å²) < 4.78 is 1.60. The second kappa shape index (κ2) is 7.83. The Kier molecular flexibility index (Phi) is 5.54. The van der Waals surface area contributed by atoms with Crippen molar-refractivity contribution in [3.63, 3.8) is 0 Å². The van der Waals surface area contributed by atoms with Gasteiger partial charge in [-0.1, -0.05) is 20.8 Å². The largest absolute Gasteiger partial charge is 0.380 e. The third-order valence-corrected chi connectivity index (χ3v) is 8.33. The SMILES string of the molecule is C[C@@H]1[C@H]2C[C@@H](C[C@H]1Nc1cnn(CC(=O)NCc3cscn3)c(=O)c1Br)C2(C)C. The third-order valence-electron chi connectivity index (χ3n) is 6.92. The summed E-state index contributed by atoms with van der Waals surface area (Å²) in [5, 5.41) is 12.4. The van der Waals surface area contributed by atoms with Crippen molar-refractivity contribution in [2.45, 2.75) is 52.7 Å². The number of hydrogen-bond donors (Lipinski definition) is 2. The number of rotatable bonds is 6. The molecule has 3 aliphatic rings. The Hall–Kier alpha value is -1.74. The molecule has 0 aromatic carbocycles.